The average molecular weight is 712 g/mol. The first kappa shape index (κ1) is 40.9. The van der Waals surface area contributed by atoms with Gasteiger partial charge in [0.15, 0.2) is 0 Å². The quantitative estimate of drug-likeness (QED) is 0.156. The van der Waals surface area contributed by atoms with E-state index in [0.29, 0.717) is 36.0 Å². The largest absolute Gasteiger partial charge is 0.497 e. The molecule has 0 aliphatic heterocycles. The van der Waals surface area contributed by atoms with E-state index in [9.17, 15) is 33.4 Å². The van der Waals surface area contributed by atoms with Gasteiger partial charge in [0.05, 0.1) is 31.9 Å². The summed E-state index contributed by atoms with van der Waals surface area (Å²) in [5.74, 6) is -2.13. The second-order valence-corrected chi connectivity index (χ2v) is 13.7. The lowest BCUT2D eigenvalue weighted by molar-refractivity contribution is 0.00836. The number of aliphatic hydroxyl groups excluding tert-OH is 2. The normalized spacial score (nSPS) is 13.2. The van der Waals surface area contributed by atoms with Crippen LogP contribution in [0.25, 0.3) is 0 Å². The van der Waals surface area contributed by atoms with Crippen LogP contribution >= 0.6 is 0 Å². The number of methoxy groups -OCH3 is 1. The molecule has 0 radical (unpaired) electrons. The van der Waals surface area contributed by atoms with Crippen LogP contribution in [0.5, 0.6) is 5.75 Å². The molecule has 1 unspecified atom stereocenters. The molecule has 0 saturated heterocycles. The highest BCUT2D eigenvalue weighted by Gasteiger charge is 2.30. The van der Waals surface area contributed by atoms with Crippen molar-refractivity contribution in [3.05, 3.63) is 100 Å². The number of halogens is 2. The minimum absolute atomic E-state index is 0.00631. The number of benzene rings is 3. The zero-order chi connectivity index (χ0) is 37.9. The third kappa shape index (κ3) is 12.6. The molecule has 3 atom stereocenters. The Bertz CT molecular complexity index is 1620. The minimum atomic E-state index is -1.47. The van der Waals surface area contributed by atoms with Gasteiger partial charge in [-0.2, -0.15) is 0 Å². The molecule has 3 N–H and O–H groups in total. The Labute approximate surface area is 299 Å². The van der Waals surface area contributed by atoms with Crippen molar-refractivity contribution in [3.63, 3.8) is 0 Å². The van der Waals surface area contributed by atoms with Gasteiger partial charge in [0.2, 0.25) is 0 Å². The van der Waals surface area contributed by atoms with Crippen LogP contribution in [0, 0.1) is 11.6 Å². The maximum atomic E-state index is 14.3. The molecule has 0 aliphatic carbocycles. The Morgan fingerprint density at radius 1 is 0.863 bits per heavy atom. The summed E-state index contributed by atoms with van der Waals surface area (Å²) < 4.78 is 39.5. The second kappa shape index (κ2) is 18.6. The van der Waals surface area contributed by atoms with E-state index in [4.69, 9.17) is 9.47 Å². The Balaban J connectivity index is 2.02. The first-order valence-electron chi connectivity index (χ1n) is 17.2. The molecule has 0 aliphatic rings. The molecule has 278 valence electrons. The maximum Gasteiger partial charge on any atom is 0.410 e. The van der Waals surface area contributed by atoms with Crippen LogP contribution in [-0.4, -0.2) is 82.4 Å². The average Bonchev–Trinajstić information content (AvgIpc) is 3.05. The van der Waals surface area contributed by atoms with Gasteiger partial charge in [-0.3, -0.25) is 9.59 Å². The van der Waals surface area contributed by atoms with E-state index in [-0.39, 0.29) is 42.1 Å². The number of rotatable bonds is 16. The van der Waals surface area contributed by atoms with Gasteiger partial charge < -0.3 is 34.8 Å². The minimum Gasteiger partial charge on any atom is -0.497 e. The predicted octanol–water partition coefficient (Wildman–Crippen LogP) is 6.43. The van der Waals surface area contributed by atoms with Crippen molar-refractivity contribution in [2.75, 3.05) is 26.7 Å². The summed E-state index contributed by atoms with van der Waals surface area (Å²) in [5.41, 5.74) is 0.531. The lowest BCUT2D eigenvalue weighted by Crippen LogP contribution is -2.51. The first-order valence-corrected chi connectivity index (χ1v) is 17.2. The van der Waals surface area contributed by atoms with Crippen LogP contribution in [-0.2, 0) is 17.7 Å². The Kier molecular flexibility index (Phi) is 14.9. The van der Waals surface area contributed by atoms with Crippen molar-refractivity contribution < 1.29 is 42.9 Å². The smallest absolute Gasteiger partial charge is 0.410 e. The van der Waals surface area contributed by atoms with Gasteiger partial charge in [-0.1, -0.05) is 26.0 Å². The van der Waals surface area contributed by atoms with Gasteiger partial charge in [0.25, 0.3) is 11.8 Å². The van der Waals surface area contributed by atoms with E-state index in [1.807, 2.05) is 13.8 Å². The Hall–Kier alpha value is -4.55. The number of ether oxygens (including phenoxy) is 2. The van der Waals surface area contributed by atoms with E-state index in [0.717, 1.165) is 25.0 Å². The second-order valence-electron chi connectivity index (χ2n) is 13.7. The molecule has 3 rings (SSSR count). The lowest BCUT2D eigenvalue weighted by Gasteiger charge is -2.32. The fourth-order valence-corrected chi connectivity index (χ4v) is 5.58. The van der Waals surface area contributed by atoms with Gasteiger partial charge in [-0.15, -0.1) is 0 Å². The molecule has 0 aromatic heterocycles. The number of hydrogen-bond donors (Lipinski definition) is 3. The Morgan fingerprint density at radius 3 is 2.06 bits per heavy atom. The molecular formula is C39H51F2N3O7. The zero-order valence-corrected chi connectivity index (χ0v) is 30.5. The predicted molar refractivity (Wildman–Crippen MR) is 191 cm³/mol. The van der Waals surface area contributed by atoms with Crippen molar-refractivity contribution in [2.24, 2.45) is 0 Å². The molecular weight excluding hydrogens is 660 g/mol. The van der Waals surface area contributed by atoms with Crippen molar-refractivity contribution in [3.8, 4) is 5.75 Å². The summed E-state index contributed by atoms with van der Waals surface area (Å²) in [7, 11) is 1.51. The molecule has 0 spiro atoms. The topological polar surface area (TPSA) is 129 Å². The van der Waals surface area contributed by atoms with Crippen molar-refractivity contribution in [2.45, 2.75) is 91.2 Å². The SMILES string of the molecule is CCCN(CCC)C(=O)c1cc(C(=O)N[C@@H](Cc2cc(F)cc(F)c2)[C@H](O)CN(Cc2cccc(OC)c2)C(=O)OC(C)(C)C)cc(C(C)O)c1. The molecule has 3 aromatic carbocycles. The number of hydrogen-bond acceptors (Lipinski definition) is 7. The highest BCUT2D eigenvalue weighted by Crippen LogP contribution is 2.22. The van der Waals surface area contributed by atoms with Gasteiger partial charge in [-0.25, -0.2) is 13.6 Å². The van der Waals surface area contributed by atoms with Crippen LogP contribution in [0.4, 0.5) is 13.6 Å². The highest BCUT2D eigenvalue weighted by molar-refractivity contribution is 6.00. The third-order valence-corrected chi connectivity index (χ3v) is 7.95. The zero-order valence-electron chi connectivity index (χ0n) is 30.5. The van der Waals surface area contributed by atoms with Crippen LogP contribution in [0.3, 0.4) is 0 Å². The van der Waals surface area contributed by atoms with Crippen LogP contribution in [0.15, 0.2) is 60.7 Å². The van der Waals surface area contributed by atoms with Gasteiger partial charge in [0, 0.05) is 36.8 Å². The molecule has 51 heavy (non-hydrogen) atoms. The molecule has 10 nitrogen and oxygen atoms in total. The lowest BCUT2D eigenvalue weighted by atomic mass is 9.98. The van der Waals surface area contributed by atoms with Gasteiger partial charge in [0.1, 0.15) is 23.0 Å². The molecule has 0 bridgehead atoms. The highest BCUT2D eigenvalue weighted by atomic mass is 19.1. The molecule has 3 amide bonds. The van der Waals surface area contributed by atoms with E-state index in [1.54, 1.807) is 56.0 Å². The monoisotopic (exact) mass is 711 g/mol. The van der Waals surface area contributed by atoms with Gasteiger partial charge >= 0.3 is 6.09 Å². The van der Waals surface area contributed by atoms with E-state index in [2.05, 4.69) is 5.32 Å². The summed E-state index contributed by atoms with van der Waals surface area (Å²) in [6.07, 6.45) is -1.97. The third-order valence-electron chi connectivity index (χ3n) is 7.95. The number of aliphatic hydroxyl groups is 2. The summed E-state index contributed by atoms with van der Waals surface area (Å²) >= 11 is 0. The molecule has 0 heterocycles. The number of carbonyl (C=O) groups excluding carboxylic acids is 3. The van der Waals surface area contributed by atoms with Crippen molar-refractivity contribution in [1.82, 2.24) is 15.1 Å². The maximum absolute atomic E-state index is 14.3. The van der Waals surface area contributed by atoms with Crippen molar-refractivity contribution >= 4 is 17.9 Å². The number of nitrogens with zero attached hydrogens (tertiary/aromatic N) is 2. The number of nitrogens with one attached hydrogen (secondary N) is 1. The standard InChI is InChI=1S/C39H51F2N3O7/c1-8-13-43(14-9-2)37(48)30-20-28(25(3)45)19-29(21-30)36(47)42-34(18-27-15-31(40)22-32(41)16-27)35(46)24-44(38(49)51-39(4,5)6)23-26-11-10-12-33(17-26)50-7/h10-12,15-17,19-22,25,34-35,45-46H,8-9,13-14,18,23-24H2,1-7H3,(H,42,47)/t25?,34-,35+/m0/s1. The first-order chi connectivity index (χ1) is 24.0. The summed E-state index contributed by atoms with van der Waals surface area (Å²) in [6, 6.07) is 13.1. The molecule has 0 fully saturated rings. The van der Waals surface area contributed by atoms with E-state index < -0.39 is 47.5 Å². The summed E-state index contributed by atoms with van der Waals surface area (Å²) in [5, 5.41) is 24.9. The van der Waals surface area contributed by atoms with E-state index in [1.165, 1.54) is 31.1 Å². The summed E-state index contributed by atoms with van der Waals surface area (Å²) in [4.78, 5) is 43.8. The van der Waals surface area contributed by atoms with Crippen LogP contribution in [0.1, 0.15) is 97.9 Å². The van der Waals surface area contributed by atoms with Gasteiger partial charge in [-0.05, 0) is 106 Å². The fourth-order valence-electron chi connectivity index (χ4n) is 5.58. The molecule has 12 heteroatoms. The fraction of sp³-hybridized carbons (Fsp3) is 0.462. The number of carbonyl (C=O) groups is 3. The molecule has 0 saturated carbocycles. The Morgan fingerprint density at radius 2 is 1.49 bits per heavy atom. The summed E-state index contributed by atoms with van der Waals surface area (Å²) in [6.45, 7) is 11.2. The number of amides is 3. The molecule has 3 aromatic rings. The van der Waals surface area contributed by atoms with Crippen LogP contribution < -0.4 is 10.1 Å². The van der Waals surface area contributed by atoms with E-state index >= 15 is 0 Å². The van der Waals surface area contributed by atoms with Crippen LogP contribution in [0.2, 0.25) is 0 Å². The van der Waals surface area contributed by atoms with Crippen molar-refractivity contribution in [1.29, 1.82) is 0 Å².